The summed E-state index contributed by atoms with van der Waals surface area (Å²) in [5, 5.41) is 0. The Hall–Kier alpha value is -2.63. The van der Waals surface area contributed by atoms with E-state index in [1.165, 1.54) is 12.6 Å². The molecule has 6 nitrogen and oxygen atoms in total. The predicted octanol–water partition coefficient (Wildman–Crippen LogP) is 2.69. The number of likely N-dealkylation sites (tertiary alicyclic amines) is 2. The van der Waals surface area contributed by atoms with Gasteiger partial charge in [-0.3, -0.25) is 9.59 Å². The van der Waals surface area contributed by atoms with Gasteiger partial charge in [-0.2, -0.15) is 0 Å². The molecule has 1 spiro atoms. The van der Waals surface area contributed by atoms with E-state index in [-0.39, 0.29) is 29.0 Å². The molecule has 6 heteroatoms. The number of hydrogen-bond acceptors (Lipinski definition) is 4. The van der Waals surface area contributed by atoms with Gasteiger partial charge in [-0.1, -0.05) is 30.3 Å². The van der Waals surface area contributed by atoms with Crippen molar-refractivity contribution < 1.29 is 14.0 Å². The topological polar surface area (TPSA) is 66.7 Å². The molecule has 1 aromatic carbocycles. The Bertz CT molecular complexity index is 790. The van der Waals surface area contributed by atoms with Crippen LogP contribution in [-0.4, -0.2) is 51.8 Å². The Morgan fingerprint density at radius 2 is 2.00 bits per heavy atom. The van der Waals surface area contributed by atoms with E-state index in [1.807, 2.05) is 47.1 Å². The number of carbonyl (C=O) groups excluding carboxylic acids is 2. The molecular formula is C20H23N3O3. The molecule has 0 aliphatic carbocycles. The fourth-order valence-electron chi connectivity index (χ4n) is 4.34. The lowest BCUT2D eigenvalue weighted by Crippen LogP contribution is -2.49. The van der Waals surface area contributed by atoms with Crippen molar-refractivity contribution in [1.82, 2.24) is 14.8 Å². The van der Waals surface area contributed by atoms with E-state index in [1.54, 1.807) is 0 Å². The number of hydrogen-bond donors (Lipinski definition) is 0. The molecule has 3 heterocycles. The van der Waals surface area contributed by atoms with E-state index < -0.39 is 0 Å². The smallest absolute Gasteiger partial charge is 0.291 e. The van der Waals surface area contributed by atoms with Gasteiger partial charge in [-0.15, -0.1) is 0 Å². The standard InChI is InChI=1S/C20H23N3O3/c1-15(16-6-3-2-4-7-16)18(24)22-11-9-20(13-22)8-5-10-23(20)19(25)17-12-21-14-26-17/h2-4,6-7,12,14-15H,5,8-11,13H2,1H3. The summed E-state index contributed by atoms with van der Waals surface area (Å²) in [7, 11) is 0. The minimum atomic E-state index is -0.268. The zero-order valence-corrected chi connectivity index (χ0v) is 14.9. The Kier molecular flexibility index (Phi) is 4.26. The van der Waals surface area contributed by atoms with Gasteiger partial charge in [0.15, 0.2) is 6.39 Å². The van der Waals surface area contributed by atoms with Crippen LogP contribution >= 0.6 is 0 Å². The summed E-state index contributed by atoms with van der Waals surface area (Å²) in [5.41, 5.74) is 0.759. The molecule has 2 amide bonds. The SMILES string of the molecule is CC(C(=O)N1CCC2(CCCN2C(=O)c2cnco2)C1)c1ccccc1. The third kappa shape index (κ3) is 2.79. The van der Waals surface area contributed by atoms with Gasteiger partial charge in [0.25, 0.3) is 5.91 Å². The van der Waals surface area contributed by atoms with Crippen LogP contribution in [0.2, 0.25) is 0 Å². The Balaban J connectivity index is 1.50. The minimum Gasteiger partial charge on any atom is -0.438 e. The summed E-state index contributed by atoms with van der Waals surface area (Å²) in [4.78, 5) is 33.4. The normalized spacial score (nSPS) is 23.6. The average molecular weight is 353 g/mol. The van der Waals surface area contributed by atoms with Crippen molar-refractivity contribution in [2.75, 3.05) is 19.6 Å². The number of nitrogens with zero attached hydrogens (tertiary/aromatic N) is 3. The van der Waals surface area contributed by atoms with Crippen molar-refractivity contribution in [3.63, 3.8) is 0 Å². The maximum atomic E-state index is 13.0. The van der Waals surface area contributed by atoms with Gasteiger partial charge in [0.05, 0.1) is 17.7 Å². The van der Waals surface area contributed by atoms with Crippen LogP contribution in [0.5, 0.6) is 0 Å². The van der Waals surface area contributed by atoms with E-state index in [0.717, 1.165) is 24.8 Å². The third-order valence-electron chi connectivity index (χ3n) is 5.80. The first kappa shape index (κ1) is 16.8. The van der Waals surface area contributed by atoms with E-state index >= 15 is 0 Å². The molecule has 2 aliphatic rings. The predicted molar refractivity (Wildman–Crippen MR) is 95.6 cm³/mol. The molecule has 0 bridgehead atoms. The molecule has 4 rings (SSSR count). The van der Waals surface area contributed by atoms with E-state index in [9.17, 15) is 9.59 Å². The minimum absolute atomic E-state index is 0.120. The third-order valence-corrected chi connectivity index (χ3v) is 5.80. The zero-order chi connectivity index (χ0) is 18.1. The first-order valence-electron chi connectivity index (χ1n) is 9.15. The van der Waals surface area contributed by atoms with Crippen LogP contribution in [0.15, 0.2) is 47.3 Å². The Morgan fingerprint density at radius 1 is 1.19 bits per heavy atom. The molecule has 26 heavy (non-hydrogen) atoms. The van der Waals surface area contributed by atoms with Crippen LogP contribution in [-0.2, 0) is 4.79 Å². The first-order valence-corrected chi connectivity index (χ1v) is 9.15. The number of amides is 2. The molecule has 0 N–H and O–H groups in total. The van der Waals surface area contributed by atoms with Crippen molar-refractivity contribution in [3.05, 3.63) is 54.2 Å². The van der Waals surface area contributed by atoms with Crippen LogP contribution in [0, 0.1) is 0 Å². The van der Waals surface area contributed by atoms with Crippen LogP contribution in [0.3, 0.4) is 0 Å². The maximum Gasteiger partial charge on any atom is 0.291 e. The van der Waals surface area contributed by atoms with Gasteiger partial charge in [-0.05, 0) is 31.7 Å². The molecular weight excluding hydrogens is 330 g/mol. The van der Waals surface area contributed by atoms with E-state index in [0.29, 0.717) is 19.6 Å². The molecule has 2 atom stereocenters. The first-order chi connectivity index (χ1) is 12.6. The summed E-state index contributed by atoms with van der Waals surface area (Å²) in [6.07, 6.45) is 5.44. The fourth-order valence-corrected chi connectivity index (χ4v) is 4.34. The van der Waals surface area contributed by atoms with E-state index in [4.69, 9.17) is 4.42 Å². The highest BCUT2D eigenvalue weighted by molar-refractivity contribution is 5.92. The van der Waals surface area contributed by atoms with Gasteiger partial charge < -0.3 is 14.2 Å². The number of rotatable bonds is 3. The highest BCUT2D eigenvalue weighted by Gasteiger charge is 2.50. The number of oxazole rings is 1. The summed E-state index contributed by atoms with van der Waals surface area (Å²) in [6, 6.07) is 9.85. The van der Waals surface area contributed by atoms with Crippen LogP contribution < -0.4 is 0 Å². The van der Waals surface area contributed by atoms with Crippen molar-refractivity contribution in [2.45, 2.75) is 37.6 Å². The summed E-state index contributed by atoms with van der Waals surface area (Å²) < 4.78 is 5.20. The lowest BCUT2D eigenvalue weighted by molar-refractivity contribution is -0.131. The van der Waals surface area contributed by atoms with Gasteiger partial charge in [0.2, 0.25) is 11.7 Å². The fraction of sp³-hybridized carbons (Fsp3) is 0.450. The van der Waals surface area contributed by atoms with Gasteiger partial charge in [-0.25, -0.2) is 4.98 Å². The van der Waals surface area contributed by atoms with Gasteiger partial charge in [0.1, 0.15) is 0 Å². The largest absolute Gasteiger partial charge is 0.438 e. The number of aromatic nitrogens is 1. The number of benzene rings is 1. The molecule has 2 saturated heterocycles. The summed E-state index contributed by atoms with van der Waals surface area (Å²) in [6.45, 7) is 3.95. The molecule has 0 saturated carbocycles. The molecule has 2 aliphatic heterocycles. The second kappa shape index (κ2) is 6.59. The zero-order valence-electron chi connectivity index (χ0n) is 14.9. The van der Waals surface area contributed by atoms with Gasteiger partial charge in [0, 0.05) is 19.6 Å². The molecule has 2 fully saturated rings. The van der Waals surface area contributed by atoms with Gasteiger partial charge >= 0.3 is 0 Å². The molecule has 136 valence electrons. The van der Waals surface area contributed by atoms with Crippen LogP contribution in [0.4, 0.5) is 0 Å². The highest BCUT2D eigenvalue weighted by atomic mass is 16.3. The van der Waals surface area contributed by atoms with Crippen LogP contribution in [0.25, 0.3) is 0 Å². The Morgan fingerprint density at radius 3 is 2.73 bits per heavy atom. The van der Waals surface area contributed by atoms with Crippen molar-refractivity contribution in [2.24, 2.45) is 0 Å². The molecule has 1 aromatic heterocycles. The monoisotopic (exact) mass is 353 g/mol. The quantitative estimate of drug-likeness (QED) is 0.851. The number of carbonyl (C=O) groups is 2. The molecule has 2 aromatic rings. The van der Waals surface area contributed by atoms with Crippen molar-refractivity contribution in [3.8, 4) is 0 Å². The maximum absolute atomic E-state index is 13.0. The molecule has 0 radical (unpaired) electrons. The molecule has 2 unspecified atom stereocenters. The summed E-state index contributed by atoms with van der Waals surface area (Å²) >= 11 is 0. The van der Waals surface area contributed by atoms with Crippen molar-refractivity contribution in [1.29, 1.82) is 0 Å². The van der Waals surface area contributed by atoms with Crippen molar-refractivity contribution >= 4 is 11.8 Å². The van der Waals surface area contributed by atoms with Crippen LogP contribution in [0.1, 0.15) is 48.2 Å². The lowest BCUT2D eigenvalue weighted by atomic mass is 9.94. The second-order valence-electron chi connectivity index (χ2n) is 7.29. The lowest BCUT2D eigenvalue weighted by Gasteiger charge is -2.34. The average Bonchev–Trinajstić information content (AvgIpc) is 3.43. The second-order valence-corrected chi connectivity index (χ2v) is 7.29. The Labute approximate surface area is 152 Å². The highest BCUT2D eigenvalue weighted by Crippen LogP contribution is 2.39. The summed E-state index contributed by atoms with van der Waals surface area (Å²) in [5.74, 6) is 0.109. The van der Waals surface area contributed by atoms with E-state index in [2.05, 4.69) is 4.98 Å².